The van der Waals surface area contributed by atoms with Crippen molar-refractivity contribution < 1.29 is 18.7 Å². The van der Waals surface area contributed by atoms with Gasteiger partial charge in [-0.25, -0.2) is 8.78 Å². The molecule has 32 heavy (non-hydrogen) atoms. The van der Waals surface area contributed by atoms with E-state index in [1.54, 1.807) is 0 Å². The van der Waals surface area contributed by atoms with E-state index in [0.29, 0.717) is 6.42 Å². The maximum absolute atomic E-state index is 15.2. The van der Waals surface area contributed by atoms with Gasteiger partial charge in [-0.3, -0.25) is 10.1 Å². The number of nitrogens with one attached hydrogen (secondary N) is 1. The second-order valence-electron chi connectivity index (χ2n) is 9.56. The van der Waals surface area contributed by atoms with Crippen LogP contribution >= 0.6 is 23.2 Å². The Morgan fingerprint density at radius 2 is 1.91 bits per heavy atom. The Morgan fingerprint density at radius 3 is 2.47 bits per heavy atom. The van der Waals surface area contributed by atoms with Crippen molar-refractivity contribution in [2.75, 3.05) is 0 Å². The van der Waals surface area contributed by atoms with Gasteiger partial charge in [0.25, 0.3) is 0 Å². The first kappa shape index (κ1) is 24.9. The van der Waals surface area contributed by atoms with Crippen LogP contribution in [0, 0.1) is 23.0 Å². The van der Waals surface area contributed by atoms with Gasteiger partial charge in [-0.1, -0.05) is 69.1 Å². The Balaban J connectivity index is 2.29. The minimum absolute atomic E-state index is 0.0269. The molecule has 0 saturated carbocycles. The molecule has 0 aliphatic carbocycles. The number of nitrogens with two attached hydrogens (primary N) is 1. The van der Waals surface area contributed by atoms with Gasteiger partial charge in [0.05, 0.1) is 10.6 Å². The van der Waals surface area contributed by atoms with E-state index in [2.05, 4.69) is 19.2 Å². The number of hydrogen-bond acceptors (Lipinski definition) is 3. The molecule has 4 N–H and O–H groups in total. The van der Waals surface area contributed by atoms with Crippen molar-refractivity contribution in [1.29, 1.82) is 0 Å². The summed E-state index contributed by atoms with van der Waals surface area (Å²) in [5.74, 6) is -3.53. The number of aliphatic carboxylic acids is 1. The molecule has 2 aromatic rings. The summed E-state index contributed by atoms with van der Waals surface area (Å²) in [7, 11) is 0. The van der Waals surface area contributed by atoms with Crippen molar-refractivity contribution in [3.05, 3.63) is 69.2 Å². The van der Waals surface area contributed by atoms with Crippen molar-refractivity contribution in [1.82, 2.24) is 5.32 Å². The van der Waals surface area contributed by atoms with Crippen molar-refractivity contribution in [3.63, 3.8) is 0 Å². The van der Waals surface area contributed by atoms with Gasteiger partial charge in [-0.15, -0.1) is 0 Å². The molecule has 0 radical (unpaired) electrons. The van der Waals surface area contributed by atoms with Gasteiger partial charge in [-0.2, -0.15) is 0 Å². The first-order chi connectivity index (χ1) is 14.8. The molecule has 1 aliphatic heterocycles. The van der Waals surface area contributed by atoms with Gasteiger partial charge < -0.3 is 10.8 Å². The third kappa shape index (κ3) is 4.26. The summed E-state index contributed by atoms with van der Waals surface area (Å²) >= 11 is 12.0. The highest BCUT2D eigenvalue weighted by atomic mass is 35.5. The molecule has 174 valence electrons. The van der Waals surface area contributed by atoms with Crippen molar-refractivity contribution in [2.45, 2.75) is 57.7 Å². The summed E-state index contributed by atoms with van der Waals surface area (Å²) in [6, 6.07) is 6.52. The molecule has 0 aromatic heterocycles. The highest BCUT2D eigenvalue weighted by Gasteiger charge is 2.59. The average molecular weight is 485 g/mol. The van der Waals surface area contributed by atoms with Crippen LogP contribution in [0.25, 0.3) is 0 Å². The monoisotopic (exact) mass is 484 g/mol. The van der Waals surface area contributed by atoms with Crippen LogP contribution < -0.4 is 11.1 Å². The highest BCUT2D eigenvalue weighted by molar-refractivity contribution is 6.31. The van der Waals surface area contributed by atoms with Crippen LogP contribution in [0.1, 0.15) is 51.2 Å². The van der Waals surface area contributed by atoms with Gasteiger partial charge >= 0.3 is 5.97 Å². The first-order valence-electron chi connectivity index (χ1n) is 10.5. The molecular weight excluding hydrogens is 457 g/mol. The average Bonchev–Trinajstić information content (AvgIpc) is 2.96. The summed E-state index contributed by atoms with van der Waals surface area (Å²) in [4.78, 5) is 12.3. The van der Waals surface area contributed by atoms with Gasteiger partial charge in [0.2, 0.25) is 0 Å². The summed E-state index contributed by atoms with van der Waals surface area (Å²) in [5.41, 5.74) is 5.23. The predicted octanol–water partition coefficient (Wildman–Crippen LogP) is 5.71. The van der Waals surface area contributed by atoms with E-state index in [1.165, 1.54) is 30.3 Å². The van der Waals surface area contributed by atoms with E-state index in [1.807, 2.05) is 13.8 Å². The summed E-state index contributed by atoms with van der Waals surface area (Å²) < 4.78 is 30.4. The molecule has 1 heterocycles. The molecule has 0 amide bonds. The summed E-state index contributed by atoms with van der Waals surface area (Å²) in [6.45, 7) is 8.19. The van der Waals surface area contributed by atoms with Gasteiger partial charge in [0.1, 0.15) is 17.7 Å². The number of carboxylic acids is 1. The Morgan fingerprint density at radius 1 is 1.25 bits per heavy atom. The van der Waals surface area contributed by atoms with Crippen LogP contribution in [0.2, 0.25) is 10.0 Å². The Hall–Kier alpha value is -1.73. The zero-order valence-corrected chi connectivity index (χ0v) is 19.9. The lowest BCUT2D eigenvalue weighted by molar-refractivity contribution is -0.139. The highest BCUT2D eigenvalue weighted by Crippen LogP contribution is 2.50. The molecular formula is C24H28Cl2F2N2O2. The zero-order chi connectivity index (χ0) is 24.0. The molecule has 0 unspecified atom stereocenters. The molecule has 4 nitrogen and oxygen atoms in total. The third-order valence-electron chi connectivity index (χ3n) is 7.08. The van der Waals surface area contributed by atoms with Crippen LogP contribution in [-0.2, 0) is 10.3 Å². The van der Waals surface area contributed by atoms with Crippen LogP contribution in [0.3, 0.4) is 0 Å². The maximum Gasteiger partial charge on any atom is 0.321 e. The van der Waals surface area contributed by atoms with Gasteiger partial charge in [0.15, 0.2) is 0 Å². The number of rotatable bonds is 6. The van der Waals surface area contributed by atoms with Crippen molar-refractivity contribution in [2.24, 2.45) is 17.1 Å². The number of hydrogen-bond donors (Lipinski definition) is 3. The second-order valence-corrected chi connectivity index (χ2v) is 10.4. The normalized spacial score (nSPS) is 26.0. The molecule has 1 saturated heterocycles. The molecule has 8 heteroatoms. The Labute approximate surface area is 197 Å². The Kier molecular flexibility index (Phi) is 6.93. The van der Waals surface area contributed by atoms with E-state index in [9.17, 15) is 9.90 Å². The van der Waals surface area contributed by atoms with Crippen LogP contribution in [-0.4, -0.2) is 23.2 Å². The maximum atomic E-state index is 15.2. The van der Waals surface area contributed by atoms with Crippen LogP contribution in [0.15, 0.2) is 36.4 Å². The Bertz CT molecular complexity index is 1030. The largest absolute Gasteiger partial charge is 0.480 e. The van der Waals surface area contributed by atoms with Crippen molar-refractivity contribution in [3.8, 4) is 0 Å². The first-order valence-corrected chi connectivity index (χ1v) is 11.2. The smallest absolute Gasteiger partial charge is 0.321 e. The topological polar surface area (TPSA) is 75.3 Å². The molecule has 2 aromatic carbocycles. The quantitative estimate of drug-likeness (QED) is 0.490. The fraction of sp³-hybridized carbons (Fsp3) is 0.458. The van der Waals surface area contributed by atoms with E-state index in [4.69, 9.17) is 28.9 Å². The van der Waals surface area contributed by atoms with E-state index < -0.39 is 41.1 Å². The summed E-state index contributed by atoms with van der Waals surface area (Å²) in [6.07, 6.45) is 0.436. The third-order valence-corrected chi connectivity index (χ3v) is 7.61. The summed E-state index contributed by atoms with van der Waals surface area (Å²) in [5, 5.41) is 13.2. The number of halogens is 4. The standard InChI is InChI=1S/C24H28Cl2F2N2O2/c1-12(2)23(3,4)11-18-24(29,15-9-8-13(25)10-17(15)27)19(21(30-18)22(31)32)14-6-5-7-16(26)20(14)28/h5-10,12,18-19,21,30H,11,29H2,1-4H3,(H,31,32)/t18-,19-,21+,24+/m0/s1. The van der Waals surface area contributed by atoms with Crippen molar-refractivity contribution >= 4 is 29.2 Å². The molecule has 0 spiro atoms. The number of carbonyl (C=O) groups is 1. The van der Waals surface area contributed by atoms with E-state index in [-0.39, 0.29) is 32.5 Å². The zero-order valence-electron chi connectivity index (χ0n) is 18.4. The lowest BCUT2D eigenvalue weighted by Crippen LogP contribution is -2.53. The minimum Gasteiger partial charge on any atom is -0.480 e. The van der Waals surface area contributed by atoms with Gasteiger partial charge in [0, 0.05) is 22.5 Å². The van der Waals surface area contributed by atoms with E-state index in [0.717, 1.165) is 6.07 Å². The predicted molar refractivity (Wildman–Crippen MR) is 123 cm³/mol. The molecule has 1 fully saturated rings. The lowest BCUT2D eigenvalue weighted by Gasteiger charge is -2.41. The molecule has 1 aliphatic rings. The fourth-order valence-corrected chi connectivity index (χ4v) is 4.88. The second kappa shape index (κ2) is 8.90. The van der Waals surface area contributed by atoms with Gasteiger partial charge in [-0.05, 0) is 41.5 Å². The van der Waals surface area contributed by atoms with Crippen LogP contribution in [0.4, 0.5) is 8.78 Å². The number of benzene rings is 2. The SMILES string of the molecule is CC(C)C(C)(C)C[C@@H]1N[C@@H](C(=O)O)[C@H](c2cccc(Cl)c2F)[C@@]1(N)c1ccc(Cl)cc1F. The minimum atomic E-state index is -1.59. The molecule has 4 atom stereocenters. The van der Waals surface area contributed by atoms with E-state index >= 15 is 8.78 Å². The molecule has 3 rings (SSSR count). The fourth-order valence-electron chi connectivity index (χ4n) is 4.54. The lowest BCUT2D eigenvalue weighted by atomic mass is 9.66. The number of carboxylic acid groups (broad SMARTS) is 1. The van der Waals surface area contributed by atoms with Crippen LogP contribution in [0.5, 0.6) is 0 Å². The molecule has 0 bridgehead atoms.